The minimum absolute atomic E-state index is 0.00145. The van der Waals surface area contributed by atoms with Crippen molar-refractivity contribution in [3.8, 4) is 5.75 Å². The highest BCUT2D eigenvalue weighted by Gasteiger charge is 2.12. The van der Waals surface area contributed by atoms with E-state index in [1.54, 1.807) is 18.3 Å². The van der Waals surface area contributed by atoms with Crippen molar-refractivity contribution in [2.45, 2.75) is 5.03 Å². The first-order valence-electron chi connectivity index (χ1n) is 5.22. The molecule has 2 rings (SSSR count). The van der Waals surface area contributed by atoms with Crippen LogP contribution < -0.4 is 0 Å². The molecule has 0 aliphatic rings. The van der Waals surface area contributed by atoms with Gasteiger partial charge in [0.2, 0.25) is 0 Å². The van der Waals surface area contributed by atoms with Crippen molar-refractivity contribution >= 4 is 17.5 Å². The molecule has 92 valence electrons. The smallest absolute Gasteiger partial charge is 0.176 e. The first-order chi connectivity index (χ1) is 8.66. The fourth-order valence-corrected chi connectivity index (χ4v) is 2.13. The maximum atomic E-state index is 13.0. The molecule has 0 fully saturated rings. The van der Waals surface area contributed by atoms with Crippen LogP contribution in [-0.4, -0.2) is 21.6 Å². The van der Waals surface area contributed by atoms with Crippen LogP contribution in [0.15, 0.2) is 47.6 Å². The lowest BCUT2D eigenvalue weighted by atomic mass is 10.1. The van der Waals surface area contributed by atoms with Gasteiger partial charge in [0.25, 0.3) is 0 Å². The summed E-state index contributed by atoms with van der Waals surface area (Å²) in [5.74, 6) is -0.974. The summed E-state index contributed by atoms with van der Waals surface area (Å²) in [6.07, 6.45) is 1.63. The molecule has 0 aliphatic carbocycles. The minimum Gasteiger partial charge on any atom is -0.507 e. The Morgan fingerprint density at radius 1 is 1.33 bits per heavy atom. The number of aromatic hydroxyl groups is 1. The van der Waals surface area contributed by atoms with Gasteiger partial charge in [0.15, 0.2) is 5.78 Å². The standard InChI is InChI=1S/C13H10FNO2S/c14-9-4-5-11(16)10(7-9)12(17)8-18-13-3-1-2-6-15-13/h1-7,16H,8H2. The number of hydrogen-bond donors (Lipinski definition) is 1. The van der Waals surface area contributed by atoms with Gasteiger partial charge in [0.05, 0.1) is 16.3 Å². The van der Waals surface area contributed by atoms with Gasteiger partial charge in [-0.1, -0.05) is 17.8 Å². The zero-order valence-electron chi connectivity index (χ0n) is 9.34. The number of phenolic OH excluding ortho intramolecular Hbond substituents is 1. The van der Waals surface area contributed by atoms with Gasteiger partial charge < -0.3 is 5.11 Å². The van der Waals surface area contributed by atoms with Crippen molar-refractivity contribution in [2.24, 2.45) is 0 Å². The van der Waals surface area contributed by atoms with Crippen molar-refractivity contribution in [3.63, 3.8) is 0 Å². The summed E-state index contributed by atoms with van der Waals surface area (Å²) in [4.78, 5) is 15.9. The topological polar surface area (TPSA) is 50.2 Å². The molecular weight excluding hydrogens is 253 g/mol. The van der Waals surface area contributed by atoms with Crippen LogP contribution >= 0.6 is 11.8 Å². The Morgan fingerprint density at radius 3 is 2.89 bits per heavy atom. The number of carbonyl (C=O) groups is 1. The van der Waals surface area contributed by atoms with E-state index in [9.17, 15) is 14.3 Å². The van der Waals surface area contributed by atoms with Crippen molar-refractivity contribution < 1.29 is 14.3 Å². The largest absolute Gasteiger partial charge is 0.507 e. The van der Waals surface area contributed by atoms with Crippen LogP contribution in [-0.2, 0) is 0 Å². The third-order valence-electron chi connectivity index (χ3n) is 2.25. The number of carbonyl (C=O) groups excluding carboxylic acids is 1. The summed E-state index contributed by atoms with van der Waals surface area (Å²) in [6, 6.07) is 8.70. The number of benzene rings is 1. The van der Waals surface area contributed by atoms with Crippen LogP contribution in [0.5, 0.6) is 5.75 Å². The SMILES string of the molecule is O=C(CSc1ccccn1)c1cc(F)ccc1O. The highest BCUT2D eigenvalue weighted by atomic mass is 32.2. The minimum atomic E-state index is -0.543. The average molecular weight is 263 g/mol. The monoisotopic (exact) mass is 263 g/mol. The van der Waals surface area contributed by atoms with Crippen molar-refractivity contribution in [3.05, 3.63) is 54.0 Å². The molecule has 0 saturated carbocycles. The van der Waals surface area contributed by atoms with E-state index in [1.165, 1.54) is 17.8 Å². The summed E-state index contributed by atoms with van der Waals surface area (Å²) in [6.45, 7) is 0. The van der Waals surface area contributed by atoms with Gasteiger partial charge in [0, 0.05) is 6.20 Å². The van der Waals surface area contributed by atoms with Gasteiger partial charge in [0.1, 0.15) is 11.6 Å². The molecule has 1 aromatic carbocycles. The molecule has 1 aromatic heterocycles. The fourth-order valence-electron chi connectivity index (χ4n) is 1.38. The van der Waals surface area contributed by atoms with Crippen LogP contribution in [0.2, 0.25) is 0 Å². The lowest BCUT2D eigenvalue weighted by Gasteiger charge is -2.03. The predicted molar refractivity (Wildman–Crippen MR) is 67.4 cm³/mol. The highest BCUT2D eigenvalue weighted by Crippen LogP contribution is 2.22. The maximum Gasteiger partial charge on any atom is 0.176 e. The lowest BCUT2D eigenvalue weighted by molar-refractivity contribution is 0.101. The van der Waals surface area contributed by atoms with Crippen molar-refractivity contribution in [1.29, 1.82) is 0 Å². The molecule has 5 heteroatoms. The van der Waals surface area contributed by atoms with E-state index in [0.29, 0.717) is 5.03 Å². The van der Waals surface area contributed by atoms with Crippen LogP contribution in [0.4, 0.5) is 4.39 Å². The van der Waals surface area contributed by atoms with Gasteiger partial charge in [-0.2, -0.15) is 0 Å². The number of hydrogen-bond acceptors (Lipinski definition) is 4. The number of Topliss-reactive ketones (excluding diaryl/α,β-unsaturated/α-hetero) is 1. The first-order valence-corrected chi connectivity index (χ1v) is 6.21. The zero-order valence-corrected chi connectivity index (χ0v) is 10.2. The third kappa shape index (κ3) is 3.07. The normalized spacial score (nSPS) is 10.3. The molecule has 1 N–H and O–H groups in total. The van der Waals surface area contributed by atoms with E-state index < -0.39 is 5.82 Å². The van der Waals surface area contributed by atoms with Crippen LogP contribution in [0.1, 0.15) is 10.4 Å². The molecule has 0 bridgehead atoms. The number of aromatic nitrogens is 1. The molecule has 0 aliphatic heterocycles. The quantitative estimate of drug-likeness (QED) is 0.680. The van der Waals surface area contributed by atoms with E-state index in [1.807, 2.05) is 6.07 Å². The van der Waals surface area contributed by atoms with Gasteiger partial charge in [-0.15, -0.1) is 0 Å². The number of phenols is 1. The molecule has 18 heavy (non-hydrogen) atoms. The Kier molecular flexibility index (Phi) is 3.94. The summed E-state index contributed by atoms with van der Waals surface area (Å²) >= 11 is 1.24. The van der Waals surface area contributed by atoms with Crippen molar-refractivity contribution in [2.75, 3.05) is 5.75 Å². The molecule has 3 nitrogen and oxygen atoms in total. The maximum absolute atomic E-state index is 13.0. The predicted octanol–water partition coefficient (Wildman–Crippen LogP) is 2.90. The Morgan fingerprint density at radius 2 is 2.17 bits per heavy atom. The molecule has 2 aromatic rings. The number of thioether (sulfide) groups is 1. The fraction of sp³-hybridized carbons (Fsp3) is 0.0769. The summed E-state index contributed by atoms with van der Waals surface area (Å²) in [5.41, 5.74) is -0.00145. The van der Waals surface area contributed by atoms with Crippen LogP contribution in [0.25, 0.3) is 0 Å². The molecule has 1 heterocycles. The van der Waals surface area contributed by atoms with Gasteiger partial charge >= 0.3 is 0 Å². The number of ketones is 1. The Balaban J connectivity index is 2.06. The second-order valence-corrected chi connectivity index (χ2v) is 4.54. The van der Waals surface area contributed by atoms with Crippen molar-refractivity contribution in [1.82, 2.24) is 4.98 Å². The molecule has 0 spiro atoms. The number of nitrogens with zero attached hydrogens (tertiary/aromatic N) is 1. The van der Waals surface area contributed by atoms with E-state index in [2.05, 4.69) is 4.98 Å². The number of halogens is 1. The van der Waals surface area contributed by atoms with E-state index in [4.69, 9.17) is 0 Å². The number of pyridine rings is 1. The average Bonchev–Trinajstić information content (AvgIpc) is 2.40. The third-order valence-corrected chi connectivity index (χ3v) is 3.19. The Hall–Kier alpha value is -1.88. The van der Waals surface area contributed by atoms with Crippen LogP contribution in [0, 0.1) is 5.82 Å². The van der Waals surface area contributed by atoms with E-state index >= 15 is 0 Å². The molecule has 0 unspecified atom stereocenters. The van der Waals surface area contributed by atoms with Gasteiger partial charge in [-0.25, -0.2) is 9.37 Å². The summed E-state index contributed by atoms with van der Waals surface area (Å²) < 4.78 is 13.0. The van der Waals surface area contributed by atoms with Gasteiger partial charge in [-0.05, 0) is 30.3 Å². The Labute approximate surface area is 108 Å². The molecule has 0 saturated heterocycles. The number of rotatable bonds is 4. The zero-order chi connectivity index (χ0) is 13.0. The molecular formula is C13H10FNO2S. The Bertz CT molecular complexity index is 560. The summed E-state index contributed by atoms with van der Waals surface area (Å²) in [5, 5.41) is 10.2. The second kappa shape index (κ2) is 5.64. The molecule has 0 amide bonds. The molecule has 0 atom stereocenters. The highest BCUT2D eigenvalue weighted by molar-refractivity contribution is 7.99. The molecule has 0 radical (unpaired) electrons. The van der Waals surface area contributed by atoms with Gasteiger partial charge in [-0.3, -0.25) is 4.79 Å². The second-order valence-electron chi connectivity index (χ2n) is 3.54. The lowest BCUT2D eigenvalue weighted by Crippen LogP contribution is -2.03. The van der Waals surface area contributed by atoms with Crippen LogP contribution in [0.3, 0.4) is 0 Å². The van der Waals surface area contributed by atoms with E-state index in [0.717, 1.165) is 12.1 Å². The van der Waals surface area contributed by atoms with E-state index in [-0.39, 0.29) is 22.8 Å². The summed E-state index contributed by atoms with van der Waals surface area (Å²) in [7, 11) is 0. The first kappa shape index (κ1) is 12.6.